The lowest BCUT2D eigenvalue weighted by atomic mass is 10.1. The lowest BCUT2D eigenvalue weighted by Crippen LogP contribution is -2.50. The number of nitrogens with one attached hydrogen (secondary N) is 1. The van der Waals surface area contributed by atoms with Crippen LogP contribution in [0.25, 0.3) is 0 Å². The molecule has 1 N–H and O–H groups in total. The molecule has 11 heteroatoms. The molecule has 0 aromatic heterocycles. The molecule has 0 fully saturated rings. The monoisotopic (exact) mass is 599 g/mol. The molecule has 2 aromatic rings. The molecule has 8 nitrogen and oxygen atoms in total. The van der Waals surface area contributed by atoms with E-state index in [1.165, 1.54) is 4.31 Å². The van der Waals surface area contributed by atoms with Crippen LogP contribution in [0, 0.1) is 0 Å². The highest BCUT2D eigenvalue weighted by molar-refractivity contribution is 7.92. The van der Waals surface area contributed by atoms with E-state index in [0.717, 1.165) is 18.2 Å². The van der Waals surface area contributed by atoms with Gasteiger partial charge in [0.2, 0.25) is 21.8 Å². The summed E-state index contributed by atoms with van der Waals surface area (Å²) in [5.41, 5.74) is 1.22. The SMILES string of the molecule is CCOc1ccc(N(CCCC(=O)N(Cc2ccc(Cl)c(Cl)c2)[C@H](CC)C(=O)N[C@H](C)CC)S(C)(=O)=O)cc1. The molecule has 0 spiro atoms. The van der Waals surface area contributed by atoms with Crippen molar-refractivity contribution in [2.75, 3.05) is 23.7 Å². The number of amides is 2. The Balaban J connectivity index is 2.24. The van der Waals surface area contributed by atoms with Crippen molar-refractivity contribution >= 4 is 50.7 Å². The lowest BCUT2D eigenvalue weighted by molar-refractivity contribution is -0.141. The van der Waals surface area contributed by atoms with Gasteiger partial charge in [0.15, 0.2) is 0 Å². The van der Waals surface area contributed by atoms with E-state index in [2.05, 4.69) is 5.32 Å². The van der Waals surface area contributed by atoms with Crippen LogP contribution in [-0.4, -0.2) is 56.6 Å². The zero-order valence-electron chi connectivity index (χ0n) is 23.2. The predicted molar refractivity (Wildman–Crippen MR) is 158 cm³/mol. The average molecular weight is 601 g/mol. The first kappa shape index (κ1) is 32.7. The Kier molecular flexibility index (Phi) is 12.9. The standard InChI is InChI=1S/C28H39Cl2N3O5S/c1-6-20(4)31-28(35)26(7-2)32(19-21-11-16-24(29)25(30)18-21)27(34)10-9-17-33(39(5,36)37)22-12-14-23(15-13-22)38-8-3/h11-16,18,20,26H,6-10,17,19H2,1-5H3,(H,31,35)/t20-,26-/m1/s1. The fraction of sp³-hybridized carbons (Fsp3) is 0.500. The number of ether oxygens (including phenoxy) is 1. The molecule has 216 valence electrons. The number of carbonyl (C=O) groups excluding carboxylic acids is 2. The Labute approximate surface area is 242 Å². The minimum Gasteiger partial charge on any atom is -0.494 e. The van der Waals surface area contributed by atoms with E-state index in [-0.39, 0.29) is 43.8 Å². The normalized spacial score (nSPS) is 12.9. The van der Waals surface area contributed by atoms with E-state index in [1.54, 1.807) is 47.4 Å². The number of benzene rings is 2. The fourth-order valence-corrected chi connectivity index (χ4v) is 5.36. The maximum atomic E-state index is 13.5. The fourth-order valence-electron chi connectivity index (χ4n) is 4.07. The quantitative estimate of drug-likeness (QED) is 0.285. The first-order valence-electron chi connectivity index (χ1n) is 13.2. The first-order valence-corrected chi connectivity index (χ1v) is 15.8. The third-order valence-corrected chi connectivity index (χ3v) is 8.24. The molecule has 2 amide bonds. The van der Waals surface area contributed by atoms with E-state index < -0.39 is 16.1 Å². The number of halogens is 2. The Morgan fingerprint density at radius 3 is 2.21 bits per heavy atom. The highest BCUT2D eigenvalue weighted by Gasteiger charge is 2.29. The Bertz CT molecular complexity index is 1210. The van der Waals surface area contributed by atoms with Gasteiger partial charge in [0.25, 0.3) is 0 Å². The minimum absolute atomic E-state index is 0.0362. The van der Waals surface area contributed by atoms with Gasteiger partial charge in [0.1, 0.15) is 11.8 Å². The van der Waals surface area contributed by atoms with Crippen LogP contribution in [0.4, 0.5) is 5.69 Å². The van der Waals surface area contributed by atoms with E-state index in [0.29, 0.717) is 34.5 Å². The lowest BCUT2D eigenvalue weighted by Gasteiger charge is -2.32. The van der Waals surface area contributed by atoms with Crippen molar-refractivity contribution in [2.45, 2.75) is 72.0 Å². The Morgan fingerprint density at radius 1 is 1.00 bits per heavy atom. The smallest absolute Gasteiger partial charge is 0.243 e. The van der Waals surface area contributed by atoms with Gasteiger partial charge in [-0.15, -0.1) is 0 Å². The topological polar surface area (TPSA) is 96.0 Å². The second kappa shape index (κ2) is 15.3. The molecule has 0 unspecified atom stereocenters. The van der Waals surface area contributed by atoms with Gasteiger partial charge in [-0.3, -0.25) is 13.9 Å². The molecule has 2 rings (SSSR count). The van der Waals surface area contributed by atoms with Crippen molar-refractivity contribution in [3.63, 3.8) is 0 Å². The number of anilines is 1. The second-order valence-corrected chi connectivity index (χ2v) is 12.1. The summed E-state index contributed by atoms with van der Waals surface area (Å²) >= 11 is 12.3. The summed E-state index contributed by atoms with van der Waals surface area (Å²) in [4.78, 5) is 28.2. The molecule has 0 saturated carbocycles. The van der Waals surface area contributed by atoms with Gasteiger partial charge in [0.05, 0.1) is 28.6 Å². The summed E-state index contributed by atoms with van der Waals surface area (Å²) in [6.45, 7) is 8.39. The maximum absolute atomic E-state index is 13.5. The van der Waals surface area contributed by atoms with Crippen molar-refractivity contribution in [3.05, 3.63) is 58.1 Å². The van der Waals surface area contributed by atoms with Crippen LogP contribution < -0.4 is 14.4 Å². The third-order valence-electron chi connectivity index (χ3n) is 6.31. The van der Waals surface area contributed by atoms with E-state index in [9.17, 15) is 18.0 Å². The largest absolute Gasteiger partial charge is 0.494 e. The van der Waals surface area contributed by atoms with Gasteiger partial charge < -0.3 is 15.0 Å². The van der Waals surface area contributed by atoms with Crippen LogP contribution in [0.3, 0.4) is 0 Å². The zero-order valence-corrected chi connectivity index (χ0v) is 25.6. The second-order valence-electron chi connectivity index (χ2n) is 9.38. The molecule has 0 radical (unpaired) electrons. The van der Waals surface area contributed by atoms with Crippen molar-refractivity contribution in [1.82, 2.24) is 10.2 Å². The average Bonchev–Trinajstić information content (AvgIpc) is 2.88. The molecule has 0 bridgehead atoms. The molecule has 0 heterocycles. The molecule has 39 heavy (non-hydrogen) atoms. The Hall–Kier alpha value is -2.49. The van der Waals surface area contributed by atoms with Crippen LogP contribution in [-0.2, 0) is 26.2 Å². The summed E-state index contributed by atoms with van der Waals surface area (Å²) in [5, 5.41) is 3.73. The number of sulfonamides is 1. The van der Waals surface area contributed by atoms with Crippen LogP contribution in [0.15, 0.2) is 42.5 Å². The molecular weight excluding hydrogens is 561 g/mol. The van der Waals surface area contributed by atoms with Crippen LogP contribution in [0.2, 0.25) is 10.0 Å². The highest BCUT2D eigenvalue weighted by Crippen LogP contribution is 2.25. The van der Waals surface area contributed by atoms with E-state index >= 15 is 0 Å². The minimum atomic E-state index is -3.59. The van der Waals surface area contributed by atoms with Crippen LogP contribution in [0.1, 0.15) is 58.9 Å². The van der Waals surface area contributed by atoms with Gasteiger partial charge in [-0.25, -0.2) is 8.42 Å². The summed E-state index contributed by atoms with van der Waals surface area (Å²) in [6.07, 6.45) is 2.62. The predicted octanol–water partition coefficient (Wildman–Crippen LogP) is 5.66. The molecule has 0 aliphatic heterocycles. The number of rotatable bonds is 15. The van der Waals surface area contributed by atoms with Crippen molar-refractivity contribution in [1.29, 1.82) is 0 Å². The molecular formula is C28H39Cl2N3O5S. The number of hydrogen-bond acceptors (Lipinski definition) is 5. The summed E-state index contributed by atoms with van der Waals surface area (Å²) in [6, 6.07) is 11.2. The molecule has 0 saturated heterocycles. The van der Waals surface area contributed by atoms with Gasteiger partial charge in [-0.1, -0.05) is 43.1 Å². The number of nitrogens with zero attached hydrogens (tertiary/aromatic N) is 2. The Morgan fingerprint density at radius 2 is 1.67 bits per heavy atom. The molecule has 0 aliphatic rings. The van der Waals surface area contributed by atoms with Crippen LogP contribution in [0.5, 0.6) is 5.75 Å². The first-order chi connectivity index (χ1) is 18.4. The van der Waals surface area contributed by atoms with E-state index in [1.807, 2.05) is 27.7 Å². The maximum Gasteiger partial charge on any atom is 0.243 e. The number of carbonyl (C=O) groups is 2. The van der Waals surface area contributed by atoms with E-state index in [4.69, 9.17) is 27.9 Å². The van der Waals surface area contributed by atoms with Gasteiger partial charge in [0, 0.05) is 25.6 Å². The molecule has 2 aromatic carbocycles. The highest BCUT2D eigenvalue weighted by atomic mass is 35.5. The summed E-state index contributed by atoms with van der Waals surface area (Å²) in [7, 11) is -3.59. The van der Waals surface area contributed by atoms with Crippen molar-refractivity contribution in [3.8, 4) is 5.75 Å². The van der Waals surface area contributed by atoms with Crippen molar-refractivity contribution < 1.29 is 22.7 Å². The van der Waals surface area contributed by atoms with Gasteiger partial charge >= 0.3 is 0 Å². The summed E-state index contributed by atoms with van der Waals surface area (Å²) in [5.74, 6) is 0.156. The van der Waals surface area contributed by atoms with Gasteiger partial charge in [-0.05, 0) is 75.1 Å². The van der Waals surface area contributed by atoms with Crippen molar-refractivity contribution in [2.24, 2.45) is 0 Å². The molecule has 0 aliphatic carbocycles. The number of hydrogen-bond donors (Lipinski definition) is 1. The van der Waals surface area contributed by atoms with Gasteiger partial charge in [-0.2, -0.15) is 0 Å². The summed E-state index contributed by atoms with van der Waals surface area (Å²) < 4.78 is 31.8. The zero-order chi connectivity index (χ0) is 29.2. The van der Waals surface area contributed by atoms with Crippen LogP contribution >= 0.6 is 23.2 Å². The molecule has 2 atom stereocenters. The third kappa shape index (κ3) is 9.89.